The Labute approximate surface area is 224 Å². The van der Waals surface area contributed by atoms with E-state index in [-0.39, 0.29) is 11.3 Å². The first-order chi connectivity index (χ1) is 31.5. The first-order valence-corrected chi connectivity index (χ1v) is 10.4. The monoisotopic (exact) mass is 460 g/mol. The van der Waals surface area contributed by atoms with Crippen LogP contribution in [-0.2, 0) is 9.47 Å². The number of aromatic hydroxyl groups is 1. The highest BCUT2D eigenvalue weighted by atomic mass is 16.5. The van der Waals surface area contributed by atoms with E-state index in [9.17, 15) is 5.11 Å². The van der Waals surface area contributed by atoms with Crippen LogP contribution >= 0.6 is 0 Å². The number of ether oxygens (including phenoxy) is 2. The van der Waals surface area contributed by atoms with Crippen molar-refractivity contribution in [3.8, 4) is 5.75 Å². The zero-order chi connectivity index (χ0) is 56.0. The smallest absolute Gasteiger partial charge is 0.189 e. The second-order valence-corrected chi connectivity index (χ2v) is 8.28. The molecule has 0 radical (unpaired) electrons. The normalized spacial score (nSPS) is 31.8. The number of anilines is 1. The lowest BCUT2D eigenvalue weighted by Crippen LogP contribution is -2.53. The lowest BCUT2D eigenvalue weighted by atomic mass is 9.79. The third-order valence-electron chi connectivity index (χ3n) is 6.38. The van der Waals surface area contributed by atoms with E-state index in [4.69, 9.17) is 69.5 Å². The molecular weight excluding hydrogens is 354 g/mol. The molecule has 2 aliphatic rings. The average Bonchev–Trinajstić information content (AvgIpc) is 3.45. The van der Waals surface area contributed by atoms with Crippen molar-refractivity contribution in [1.29, 1.82) is 0 Å². The Balaban J connectivity index is -0.0000000385. The van der Waals surface area contributed by atoms with Crippen LogP contribution < -0.4 is 5.32 Å². The summed E-state index contributed by atoms with van der Waals surface area (Å²) in [6, 6.07) is 5.31. The van der Waals surface area contributed by atoms with Gasteiger partial charge >= 0.3 is 0 Å². The molecule has 0 unspecified atom stereocenters. The highest BCUT2D eigenvalue weighted by Crippen LogP contribution is 2.37. The fourth-order valence-corrected chi connectivity index (χ4v) is 4.49. The molecule has 6 nitrogen and oxygen atoms in total. The Bertz CT molecular complexity index is 735. The first kappa shape index (κ1) is 7.79. The van der Waals surface area contributed by atoms with Crippen LogP contribution in [0.5, 0.6) is 5.75 Å². The summed E-state index contributed by atoms with van der Waals surface area (Å²) in [5.74, 6) is 0.216. The number of phenolic OH excluding ortho intramolecular Hbond substituents is 1. The van der Waals surface area contributed by atoms with E-state index >= 15 is 0 Å². The van der Waals surface area contributed by atoms with E-state index < -0.39 is 0 Å². The minimum atomic E-state index is 0.216. The summed E-state index contributed by atoms with van der Waals surface area (Å²) in [6.07, 6.45) is 7.06. The number of nitrogens with one attached hydrogen (secondary N) is 1. The van der Waals surface area contributed by atoms with Gasteiger partial charge in [0.15, 0.2) is 5.69 Å². The summed E-state index contributed by atoms with van der Waals surface area (Å²) >= 11 is 0. The molecule has 1 saturated carbocycles. The van der Waals surface area contributed by atoms with Gasteiger partial charge in [0.05, 0.1) is 31.6 Å². The molecule has 2 fully saturated rings. The van der Waals surface area contributed by atoms with E-state index in [1.807, 2.05) is 0 Å². The van der Waals surface area contributed by atoms with Crippen LogP contribution in [0.2, 0.25) is 0 Å². The highest BCUT2D eigenvalue weighted by molar-refractivity contribution is 5.65. The number of rotatable bonds is 7. The van der Waals surface area contributed by atoms with Crippen LogP contribution in [0.25, 0.3) is 4.85 Å². The summed E-state index contributed by atoms with van der Waals surface area (Å²) in [5, 5.41) is 13.5. The molecule has 1 aromatic rings. The van der Waals surface area contributed by atoms with Crippen molar-refractivity contribution in [3.05, 3.63) is 29.6 Å². The van der Waals surface area contributed by atoms with Crippen LogP contribution in [0, 0.1) is 6.57 Å². The van der Waals surface area contributed by atoms with E-state index in [0.29, 0.717) is 36.7 Å². The Morgan fingerprint density at radius 3 is 2.64 bits per heavy atom. The minimum Gasteiger partial charge on any atom is -0.506 e. The van der Waals surface area contributed by atoms with Gasteiger partial charge < -0.3 is 19.9 Å². The van der Waals surface area contributed by atoms with Crippen LogP contribution in [0.3, 0.4) is 0 Å². The molecule has 1 aliphatic carbocycles. The molecule has 2 N–H and O–H groups in total. The van der Waals surface area contributed by atoms with Crippen molar-refractivity contribution in [2.45, 2.75) is 63.1 Å². The maximum atomic E-state index is 10.1. The van der Waals surface area contributed by atoms with Gasteiger partial charge in [0.1, 0.15) is 5.75 Å². The number of methoxy groups -OCH3 is 1. The number of nitrogens with zero attached hydrogens (tertiary/aromatic N) is 2. The van der Waals surface area contributed by atoms with Crippen LogP contribution in [0.4, 0.5) is 11.4 Å². The van der Waals surface area contributed by atoms with Gasteiger partial charge in [0.2, 0.25) is 0 Å². The van der Waals surface area contributed by atoms with Crippen LogP contribution in [0.1, 0.15) is 98.9 Å². The highest BCUT2D eigenvalue weighted by Gasteiger charge is 2.38. The number of benzene rings is 1. The number of likely N-dealkylation sites (tertiary alicyclic amines) is 1. The molecule has 1 saturated heterocycles. The van der Waals surface area contributed by atoms with Crippen molar-refractivity contribution < 1.29 is 68.0 Å². The second kappa shape index (κ2) is 9.60. The van der Waals surface area contributed by atoms with Crippen molar-refractivity contribution in [1.82, 2.24) is 4.90 Å². The molecule has 1 heterocycles. The molecule has 1 aliphatic heterocycles. The van der Waals surface area contributed by atoms with Gasteiger partial charge in [0, 0.05) is 85.2 Å². The molecular formula is C22H69N3O3. The SMILES string of the molecule is [2H][2H].[2H][2H].[2H][2H].[2H][2H].[2H][2H].[2H][2H].[2H][2H].[2H][2H].[2H][2H].[2H][2H].[2H][2H].[2H][2H].[2H][2H].[2H][2H].[2H][2H].[2H][2H].[2H][2H].[2H][2H].[C-]#[N+]c1ccc(O)c(NC2CCN(C3(C)CCC(OCCOC)CC3)CC2)c1. The molecule has 6 heteroatoms. The Morgan fingerprint density at radius 2 is 2.00 bits per heavy atom. The van der Waals surface area contributed by atoms with E-state index in [1.54, 1.807) is 25.3 Å². The van der Waals surface area contributed by atoms with E-state index in [0.717, 1.165) is 38.8 Å². The number of hydrogen-bond donors (Lipinski definition) is 2. The Hall–Kier alpha value is -1.81. The quantitative estimate of drug-likeness (QED) is 0.243. The van der Waals surface area contributed by atoms with Gasteiger partial charge in [-0.15, -0.1) is 0 Å². The molecule has 0 amide bonds. The minimum absolute atomic E-state index is 0.216. The molecule has 1 aromatic carbocycles. The first-order valence-electron chi connectivity index (χ1n) is 28.4. The molecule has 28 heavy (non-hydrogen) atoms. The molecule has 0 bridgehead atoms. The third kappa shape index (κ3) is 5.16. The summed E-state index contributed by atoms with van der Waals surface area (Å²) in [7, 11) is 1.71. The number of phenols is 1. The fraction of sp³-hybridized carbons (Fsp3) is 0.682. The molecule has 0 spiro atoms. The summed E-state index contributed by atoms with van der Waals surface area (Å²) < 4.78 is 191. The van der Waals surface area contributed by atoms with Crippen molar-refractivity contribution in [3.63, 3.8) is 0 Å². The Kier molecular flexibility index (Phi) is 2.67. The van der Waals surface area contributed by atoms with Gasteiger partial charge in [-0.2, -0.15) is 0 Å². The second-order valence-electron chi connectivity index (χ2n) is 8.28. The van der Waals surface area contributed by atoms with E-state index in [2.05, 4.69) is 22.0 Å². The standard InChI is InChI=1S/C22H33N3O3.18H2/c1-22(10-6-19(7-11-22)28-15-14-27-3)25-12-8-17(9-13-25)24-20-16-18(23-2)4-5-21(20)26;;;;;;;;;;;;;;;;;;/h4-5,16-17,19,24,26H,6-15H2,1,3H3;18*1H/i;18*1+1D. The molecule has 3 rings (SSSR count). The van der Waals surface area contributed by atoms with Gasteiger partial charge in [-0.25, -0.2) is 4.85 Å². The molecule has 0 atom stereocenters. The zero-order valence-corrected chi connectivity index (χ0v) is 17.1. The summed E-state index contributed by atoms with van der Waals surface area (Å²) in [6.45, 7) is 13.0. The molecule has 0 aromatic heterocycles. The maximum absolute atomic E-state index is 10.1. The van der Waals surface area contributed by atoms with Crippen molar-refractivity contribution in [2.75, 3.05) is 38.7 Å². The molecule has 190 valence electrons. The zero-order valence-electron chi connectivity index (χ0n) is 53.1. The van der Waals surface area contributed by atoms with Crippen molar-refractivity contribution >= 4 is 11.4 Å². The van der Waals surface area contributed by atoms with Crippen LogP contribution in [0.15, 0.2) is 18.2 Å². The third-order valence-corrected chi connectivity index (χ3v) is 6.38. The summed E-state index contributed by atoms with van der Waals surface area (Å²) in [5.41, 5.74) is 1.49. The fourth-order valence-electron chi connectivity index (χ4n) is 4.49. The predicted octanol–water partition coefficient (Wildman–Crippen LogP) is 8.61. The number of piperidine rings is 1. The largest absolute Gasteiger partial charge is 0.506 e. The lowest BCUT2D eigenvalue weighted by Gasteiger charge is -2.48. The summed E-state index contributed by atoms with van der Waals surface area (Å²) in [4.78, 5) is 6.10. The van der Waals surface area contributed by atoms with Crippen LogP contribution in [-0.4, -0.2) is 61.1 Å². The number of hydrogen-bond acceptors (Lipinski definition) is 5. The predicted molar refractivity (Wildman–Crippen MR) is 149 cm³/mol. The van der Waals surface area contributed by atoms with Crippen molar-refractivity contribution in [2.24, 2.45) is 0 Å². The Morgan fingerprint density at radius 1 is 1.29 bits per heavy atom. The van der Waals surface area contributed by atoms with Gasteiger partial charge in [-0.05, 0) is 57.6 Å². The maximum Gasteiger partial charge on any atom is 0.189 e. The lowest BCUT2D eigenvalue weighted by molar-refractivity contribution is -0.0398. The van der Waals surface area contributed by atoms with E-state index in [1.165, 1.54) is 12.8 Å². The topological polar surface area (TPSA) is 58.3 Å². The average molecular weight is 460 g/mol. The van der Waals surface area contributed by atoms with Gasteiger partial charge in [-0.1, -0.05) is 6.07 Å². The van der Waals surface area contributed by atoms with Gasteiger partial charge in [0.25, 0.3) is 0 Å². The van der Waals surface area contributed by atoms with Gasteiger partial charge in [-0.3, -0.25) is 4.90 Å².